The van der Waals surface area contributed by atoms with Gasteiger partial charge in [-0.2, -0.15) is 17.4 Å². The molecule has 118 valence electrons. The van der Waals surface area contributed by atoms with Crippen molar-refractivity contribution in [3.63, 3.8) is 0 Å². The molecule has 0 saturated carbocycles. The third-order valence-corrected chi connectivity index (χ3v) is 5.09. The summed E-state index contributed by atoms with van der Waals surface area (Å²) in [6, 6.07) is -0.969. The highest BCUT2D eigenvalue weighted by atomic mass is 32.2. The van der Waals surface area contributed by atoms with E-state index in [2.05, 4.69) is 4.72 Å². The van der Waals surface area contributed by atoms with Crippen LogP contribution in [-0.4, -0.2) is 56.1 Å². The fourth-order valence-electron chi connectivity index (χ4n) is 2.28. The van der Waals surface area contributed by atoms with E-state index in [9.17, 15) is 13.2 Å². The first-order valence-electron chi connectivity index (χ1n) is 6.61. The molecule has 2 N–H and O–H groups in total. The number of hydrogen-bond acceptors (Lipinski definition) is 4. The number of carboxylic acids is 1. The maximum absolute atomic E-state index is 12.2. The van der Waals surface area contributed by atoms with Crippen LogP contribution in [0.2, 0.25) is 0 Å². The molecule has 0 aromatic heterocycles. The maximum atomic E-state index is 12.2. The Balaban J connectivity index is 2.73. The van der Waals surface area contributed by atoms with E-state index in [-0.39, 0.29) is 24.6 Å². The van der Waals surface area contributed by atoms with Gasteiger partial charge in [0.15, 0.2) is 0 Å². The van der Waals surface area contributed by atoms with Crippen molar-refractivity contribution in [2.75, 3.05) is 20.2 Å². The van der Waals surface area contributed by atoms with Crippen molar-refractivity contribution in [3.05, 3.63) is 0 Å². The number of nitrogens with one attached hydrogen (secondary N) is 1. The van der Waals surface area contributed by atoms with Crippen LogP contribution in [0.1, 0.15) is 33.6 Å². The summed E-state index contributed by atoms with van der Waals surface area (Å²) >= 11 is 0. The summed E-state index contributed by atoms with van der Waals surface area (Å²) < 4.78 is 33.1. The average molecular weight is 308 g/mol. The fraction of sp³-hybridized carbons (Fsp3) is 0.917. The highest BCUT2D eigenvalue weighted by molar-refractivity contribution is 7.87. The molecule has 1 saturated heterocycles. The summed E-state index contributed by atoms with van der Waals surface area (Å²) in [6.45, 7) is 6.20. The third-order valence-electron chi connectivity index (χ3n) is 3.50. The van der Waals surface area contributed by atoms with E-state index >= 15 is 0 Å². The summed E-state index contributed by atoms with van der Waals surface area (Å²) in [6.07, 6.45) is 0.622. The maximum Gasteiger partial charge on any atom is 0.322 e. The first-order chi connectivity index (χ1) is 9.09. The Kier molecular flexibility index (Phi) is 5.54. The minimum atomic E-state index is -3.80. The van der Waals surface area contributed by atoms with Crippen LogP contribution in [0.4, 0.5) is 0 Å². The van der Waals surface area contributed by atoms with Crippen molar-refractivity contribution in [3.8, 4) is 0 Å². The first kappa shape index (κ1) is 17.4. The molecule has 1 aliphatic heterocycles. The largest absolute Gasteiger partial charge is 0.480 e. The summed E-state index contributed by atoms with van der Waals surface area (Å²) in [5.41, 5.74) is -0.214. The molecule has 1 rings (SSSR count). The topological polar surface area (TPSA) is 95.9 Å². The molecule has 0 radical (unpaired) electrons. The number of hydrogen-bond donors (Lipinski definition) is 2. The lowest BCUT2D eigenvalue weighted by Crippen LogP contribution is -2.49. The highest BCUT2D eigenvalue weighted by Crippen LogP contribution is 2.23. The van der Waals surface area contributed by atoms with E-state index in [1.165, 1.54) is 7.11 Å². The Labute approximate surface area is 120 Å². The number of nitrogens with zero attached hydrogens (tertiary/aromatic N) is 1. The summed E-state index contributed by atoms with van der Waals surface area (Å²) in [5, 5.41) is 9.04. The Hall–Kier alpha value is -0.700. The zero-order chi connectivity index (χ0) is 15.6. The van der Waals surface area contributed by atoms with Gasteiger partial charge in [-0.05, 0) is 18.3 Å². The van der Waals surface area contributed by atoms with E-state index < -0.39 is 22.2 Å². The molecule has 20 heavy (non-hydrogen) atoms. The Bertz CT molecular complexity index is 443. The number of methoxy groups -OCH3 is 1. The van der Waals surface area contributed by atoms with Gasteiger partial charge < -0.3 is 9.84 Å². The molecule has 0 aromatic rings. The van der Waals surface area contributed by atoms with Gasteiger partial charge in [-0.25, -0.2) is 0 Å². The smallest absolute Gasteiger partial charge is 0.322 e. The lowest BCUT2D eigenvalue weighted by molar-refractivity contribution is -0.140. The van der Waals surface area contributed by atoms with Crippen LogP contribution < -0.4 is 4.72 Å². The van der Waals surface area contributed by atoms with Gasteiger partial charge in [0.25, 0.3) is 10.2 Å². The molecular formula is C12H24N2O5S. The Morgan fingerprint density at radius 2 is 2.10 bits per heavy atom. The van der Waals surface area contributed by atoms with Crippen molar-refractivity contribution in [2.45, 2.75) is 45.8 Å². The molecule has 0 aliphatic carbocycles. The van der Waals surface area contributed by atoms with Crippen LogP contribution in [0.25, 0.3) is 0 Å². The SMILES string of the molecule is COC(CNS(=O)(=O)N1CCCC1C(=O)O)C(C)(C)C. The summed E-state index contributed by atoms with van der Waals surface area (Å²) in [7, 11) is -2.27. The number of rotatable bonds is 6. The van der Waals surface area contributed by atoms with Gasteiger partial charge >= 0.3 is 5.97 Å². The quantitative estimate of drug-likeness (QED) is 0.742. The van der Waals surface area contributed by atoms with Gasteiger partial charge in [0.05, 0.1) is 6.10 Å². The molecule has 8 heteroatoms. The molecule has 0 spiro atoms. The standard InChI is InChI=1S/C12H24N2O5S/c1-12(2,3)10(19-4)8-13-20(17,18)14-7-5-6-9(14)11(15)16/h9-10,13H,5-8H2,1-4H3,(H,15,16). The van der Waals surface area contributed by atoms with Crippen LogP contribution in [-0.2, 0) is 19.7 Å². The lowest BCUT2D eigenvalue weighted by Gasteiger charge is -2.30. The van der Waals surface area contributed by atoms with Crippen LogP contribution >= 0.6 is 0 Å². The van der Waals surface area contributed by atoms with Gasteiger partial charge in [-0.3, -0.25) is 4.79 Å². The first-order valence-corrected chi connectivity index (χ1v) is 8.05. The molecule has 1 fully saturated rings. The van der Waals surface area contributed by atoms with E-state index in [1.54, 1.807) is 0 Å². The molecule has 0 aromatic carbocycles. The molecular weight excluding hydrogens is 284 g/mol. The minimum absolute atomic E-state index is 0.116. The van der Waals surface area contributed by atoms with E-state index in [4.69, 9.17) is 9.84 Å². The van der Waals surface area contributed by atoms with Gasteiger partial charge in [0.1, 0.15) is 6.04 Å². The van der Waals surface area contributed by atoms with Crippen LogP contribution in [0.15, 0.2) is 0 Å². The van der Waals surface area contributed by atoms with Crippen LogP contribution in [0, 0.1) is 5.41 Å². The Morgan fingerprint density at radius 1 is 1.50 bits per heavy atom. The van der Waals surface area contributed by atoms with Crippen molar-refractivity contribution >= 4 is 16.2 Å². The molecule has 1 aliphatic rings. The van der Waals surface area contributed by atoms with Gasteiger partial charge in [-0.15, -0.1) is 0 Å². The predicted octanol–water partition coefficient (Wildman–Crippen LogP) is 0.431. The second-order valence-electron chi connectivity index (χ2n) is 6.05. The van der Waals surface area contributed by atoms with Crippen LogP contribution in [0.3, 0.4) is 0 Å². The normalized spacial score (nSPS) is 22.9. The zero-order valence-corrected chi connectivity index (χ0v) is 13.2. The molecule has 7 nitrogen and oxygen atoms in total. The molecule has 2 unspecified atom stereocenters. The van der Waals surface area contributed by atoms with E-state index in [1.807, 2.05) is 20.8 Å². The molecule has 1 heterocycles. The Morgan fingerprint density at radius 3 is 2.55 bits per heavy atom. The van der Waals surface area contributed by atoms with Gasteiger partial charge in [-0.1, -0.05) is 20.8 Å². The number of ether oxygens (including phenoxy) is 1. The zero-order valence-electron chi connectivity index (χ0n) is 12.4. The predicted molar refractivity (Wildman–Crippen MR) is 74.5 cm³/mol. The molecule has 2 atom stereocenters. The summed E-state index contributed by atoms with van der Waals surface area (Å²) in [5.74, 6) is -1.10. The molecule has 0 bridgehead atoms. The second-order valence-corrected chi connectivity index (χ2v) is 7.76. The third kappa shape index (κ3) is 4.15. The second kappa shape index (κ2) is 6.38. The van der Waals surface area contributed by atoms with Gasteiger partial charge in [0, 0.05) is 20.2 Å². The van der Waals surface area contributed by atoms with Crippen LogP contribution in [0.5, 0.6) is 0 Å². The lowest BCUT2D eigenvalue weighted by atomic mass is 9.89. The van der Waals surface area contributed by atoms with Crippen molar-refractivity contribution in [1.82, 2.24) is 9.03 Å². The average Bonchev–Trinajstić information content (AvgIpc) is 2.77. The van der Waals surface area contributed by atoms with E-state index in [0.717, 1.165) is 4.31 Å². The summed E-state index contributed by atoms with van der Waals surface area (Å²) in [4.78, 5) is 11.1. The molecule has 0 amide bonds. The highest BCUT2D eigenvalue weighted by Gasteiger charge is 2.39. The van der Waals surface area contributed by atoms with Crippen molar-refractivity contribution < 1.29 is 23.1 Å². The number of carbonyl (C=O) groups is 1. The fourth-order valence-corrected chi connectivity index (χ4v) is 3.71. The minimum Gasteiger partial charge on any atom is -0.480 e. The van der Waals surface area contributed by atoms with E-state index in [0.29, 0.717) is 12.8 Å². The number of aliphatic carboxylic acids is 1. The monoisotopic (exact) mass is 308 g/mol. The number of carboxylic acid groups (broad SMARTS) is 1. The van der Waals surface area contributed by atoms with Crippen molar-refractivity contribution in [2.24, 2.45) is 5.41 Å². The van der Waals surface area contributed by atoms with Gasteiger partial charge in [0.2, 0.25) is 0 Å². The van der Waals surface area contributed by atoms with Crippen molar-refractivity contribution in [1.29, 1.82) is 0 Å².